The van der Waals surface area contributed by atoms with Gasteiger partial charge in [0.15, 0.2) is 0 Å². The van der Waals surface area contributed by atoms with E-state index >= 15 is 0 Å². The SMILES string of the molecule is CSc1ccccc1NC(C)c1cccc(F)c1. The molecule has 0 fully saturated rings. The van der Waals surface area contributed by atoms with Gasteiger partial charge in [0.1, 0.15) is 5.82 Å². The topological polar surface area (TPSA) is 12.0 Å². The van der Waals surface area contributed by atoms with Gasteiger partial charge in [-0.2, -0.15) is 0 Å². The van der Waals surface area contributed by atoms with Crippen LogP contribution in [-0.4, -0.2) is 6.26 Å². The molecule has 0 radical (unpaired) electrons. The number of thioether (sulfide) groups is 1. The van der Waals surface area contributed by atoms with E-state index in [1.54, 1.807) is 23.9 Å². The van der Waals surface area contributed by atoms with E-state index in [2.05, 4.69) is 11.4 Å². The van der Waals surface area contributed by atoms with Gasteiger partial charge < -0.3 is 5.32 Å². The highest BCUT2D eigenvalue weighted by atomic mass is 32.2. The lowest BCUT2D eigenvalue weighted by Crippen LogP contribution is -2.07. The molecule has 0 spiro atoms. The van der Waals surface area contributed by atoms with Crippen molar-refractivity contribution in [2.75, 3.05) is 11.6 Å². The first-order chi connectivity index (χ1) is 8.70. The van der Waals surface area contributed by atoms with Gasteiger partial charge in [-0.1, -0.05) is 24.3 Å². The molecule has 1 unspecified atom stereocenters. The molecule has 0 aliphatic rings. The number of rotatable bonds is 4. The van der Waals surface area contributed by atoms with Crippen LogP contribution in [0.1, 0.15) is 18.5 Å². The van der Waals surface area contributed by atoms with Crippen LogP contribution in [0.3, 0.4) is 0 Å². The summed E-state index contributed by atoms with van der Waals surface area (Å²) in [6.45, 7) is 2.03. The summed E-state index contributed by atoms with van der Waals surface area (Å²) in [5.41, 5.74) is 2.03. The predicted molar refractivity (Wildman–Crippen MR) is 76.7 cm³/mol. The van der Waals surface area contributed by atoms with Gasteiger partial charge in [-0.05, 0) is 43.0 Å². The van der Waals surface area contributed by atoms with Crippen molar-refractivity contribution in [3.8, 4) is 0 Å². The van der Waals surface area contributed by atoms with Gasteiger partial charge in [-0.25, -0.2) is 4.39 Å². The molecule has 0 amide bonds. The average molecular weight is 261 g/mol. The molecule has 1 nitrogen and oxygen atoms in total. The number of halogens is 1. The lowest BCUT2D eigenvalue weighted by Gasteiger charge is -2.17. The van der Waals surface area contributed by atoms with Crippen molar-refractivity contribution in [1.29, 1.82) is 0 Å². The highest BCUT2D eigenvalue weighted by Crippen LogP contribution is 2.28. The third kappa shape index (κ3) is 3.05. The van der Waals surface area contributed by atoms with Crippen LogP contribution >= 0.6 is 11.8 Å². The van der Waals surface area contributed by atoms with Crippen LogP contribution in [0, 0.1) is 5.82 Å². The minimum absolute atomic E-state index is 0.0778. The maximum absolute atomic E-state index is 13.2. The van der Waals surface area contributed by atoms with Gasteiger partial charge in [0, 0.05) is 16.6 Å². The smallest absolute Gasteiger partial charge is 0.123 e. The molecule has 2 aromatic rings. The molecular weight excluding hydrogens is 245 g/mol. The Morgan fingerprint density at radius 1 is 1.11 bits per heavy atom. The Kier molecular flexibility index (Phi) is 4.26. The van der Waals surface area contributed by atoms with E-state index in [0.717, 1.165) is 11.3 Å². The van der Waals surface area contributed by atoms with Crippen LogP contribution in [0.4, 0.5) is 10.1 Å². The quantitative estimate of drug-likeness (QED) is 0.799. The summed E-state index contributed by atoms with van der Waals surface area (Å²) in [6, 6.07) is 14.9. The molecule has 0 aromatic heterocycles. The first-order valence-electron chi connectivity index (χ1n) is 5.85. The third-order valence-corrected chi connectivity index (χ3v) is 3.62. The molecule has 18 heavy (non-hydrogen) atoms. The highest BCUT2D eigenvalue weighted by molar-refractivity contribution is 7.98. The average Bonchev–Trinajstić information content (AvgIpc) is 2.39. The zero-order chi connectivity index (χ0) is 13.0. The molecule has 0 bridgehead atoms. The summed E-state index contributed by atoms with van der Waals surface area (Å²) < 4.78 is 13.2. The second-order valence-corrected chi connectivity index (χ2v) is 4.97. The summed E-state index contributed by atoms with van der Waals surface area (Å²) in [5.74, 6) is -0.195. The van der Waals surface area contributed by atoms with Crippen LogP contribution in [0.25, 0.3) is 0 Å². The zero-order valence-corrected chi connectivity index (χ0v) is 11.3. The van der Waals surface area contributed by atoms with E-state index in [-0.39, 0.29) is 11.9 Å². The number of anilines is 1. The van der Waals surface area contributed by atoms with E-state index in [1.165, 1.54) is 11.0 Å². The standard InChI is InChI=1S/C15H16FNS/c1-11(12-6-5-7-13(16)10-12)17-14-8-3-4-9-15(14)18-2/h3-11,17H,1-2H3. The van der Waals surface area contributed by atoms with Crippen molar-refractivity contribution < 1.29 is 4.39 Å². The summed E-state index contributed by atoms with van der Waals surface area (Å²) in [6.07, 6.45) is 2.05. The number of para-hydroxylation sites is 1. The van der Waals surface area contributed by atoms with Crippen molar-refractivity contribution in [1.82, 2.24) is 0 Å². The Balaban J connectivity index is 2.18. The molecule has 2 aromatic carbocycles. The van der Waals surface area contributed by atoms with Crippen molar-refractivity contribution >= 4 is 17.4 Å². The minimum atomic E-state index is -0.195. The minimum Gasteiger partial charge on any atom is -0.378 e. The molecule has 2 rings (SSSR count). The number of hydrogen-bond acceptors (Lipinski definition) is 2. The fraction of sp³-hybridized carbons (Fsp3) is 0.200. The van der Waals surface area contributed by atoms with Gasteiger partial charge in [-0.15, -0.1) is 11.8 Å². The summed E-state index contributed by atoms with van der Waals surface area (Å²) in [7, 11) is 0. The van der Waals surface area contributed by atoms with Crippen molar-refractivity contribution in [2.24, 2.45) is 0 Å². The Bertz CT molecular complexity index is 527. The van der Waals surface area contributed by atoms with Crippen molar-refractivity contribution in [2.45, 2.75) is 17.9 Å². The normalized spacial score (nSPS) is 12.2. The monoisotopic (exact) mass is 261 g/mol. The van der Waals surface area contributed by atoms with E-state index in [9.17, 15) is 4.39 Å². The highest BCUT2D eigenvalue weighted by Gasteiger charge is 2.08. The fourth-order valence-electron chi connectivity index (χ4n) is 1.86. The lowest BCUT2D eigenvalue weighted by atomic mass is 10.1. The molecule has 0 aliphatic heterocycles. The second-order valence-electron chi connectivity index (χ2n) is 4.12. The van der Waals surface area contributed by atoms with Gasteiger partial charge >= 0.3 is 0 Å². The molecule has 0 heterocycles. The Hall–Kier alpha value is -1.48. The van der Waals surface area contributed by atoms with Crippen LogP contribution in [0.2, 0.25) is 0 Å². The van der Waals surface area contributed by atoms with Crippen molar-refractivity contribution in [3.05, 3.63) is 59.9 Å². The molecule has 1 N–H and O–H groups in total. The van der Waals surface area contributed by atoms with E-state index in [4.69, 9.17) is 0 Å². The van der Waals surface area contributed by atoms with Crippen LogP contribution < -0.4 is 5.32 Å². The lowest BCUT2D eigenvalue weighted by molar-refractivity contribution is 0.623. The van der Waals surface area contributed by atoms with E-state index in [1.807, 2.05) is 37.4 Å². The fourth-order valence-corrected chi connectivity index (χ4v) is 2.42. The van der Waals surface area contributed by atoms with Gasteiger partial charge in [0.25, 0.3) is 0 Å². The Morgan fingerprint density at radius 2 is 1.89 bits per heavy atom. The van der Waals surface area contributed by atoms with Crippen LogP contribution in [-0.2, 0) is 0 Å². The Morgan fingerprint density at radius 3 is 2.61 bits per heavy atom. The molecular formula is C15H16FNS. The molecule has 94 valence electrons. The van der Waals surface area contributed by atoms with Crippen LogP contribution in [0.15, 0.2) is 53.4 Å². The number of hydrogen-bond donors (Lipinski definition) is 1. The predicted octanol–water partition coefficient (Wildman–Crippen LogP) is 4.72. The summed E-state index contributed by atoms with van der Waals surface area (Å²) in [5, 5.41) is 3.42. The molecule has 0 saturated carbocycles. The number of nitrogens with one attached hydrogen (secondary N) is 1. The third-order valence-electron chi connectivity index (χ3n) is 2.83. The first-order valence-corrected chi connectivity index (χ1v) is 7.08. The second kappa shape index (κ2) is 5.91. The maximum Gasteiger partial charge on any atom is 0.123 e. The van der Waals surface area contributed by atoms with Crippen molar-refractivity contribution in [3.63, 3.8) is 0 Å². The van der Waals surface area contributed by atoms with E-state index < -0.39 is 0 Å². The van der Waals surface area contributed by atoms with E-state index in [0.29, 0.717) is 0 Å². The van der Waals surface area contributed by atoms with Gasteiger partial charge in [0.2, 0.25) is 0 Å². The zero-order valence-electron chi connectivity index (χ0n) is 10.5. The molecule has 1 atom stereocenters. The van der Waals surface area contributed by atoms with Gasteiger partial charge in [0.05, 0.1) is 0 Å². The van der Waals surface area contributed by atoms with Crippen LogP contribution in [0.5, 0.6) is 0 Å². The molecule has 0 aliphatic carbocycles. The molecule has 3 heteroatoms. The summed E-state index contributed by atoms with van der Waals surface area (Å²) in [4.78, 5) is 1.20. The number of benzene rings is 2. The summed E-state index contributed by atoms with van der Waals surface area (Å²) >= 11 is 1.70. The largest absolute Gasteiger partial charge is 0.378 e. The molecule has 0 saturated heterocycles. The van der Waals surface area contributed by atoms with Gasteiger partial charge in [-0.3, -0.25) is 0 Å². The Labute approximate surface area is 111 Å². The maximum atomic E-state index is 13.2. The first kappa shape index (κ1) is 13.0.